The molecule has 0 unspecified atom stereocenters. The lowest BCUT2D eigenvalue weighted by Crippen LogP contribution is -2.38. The summed E-state index contributed by atoms with van der Waals surface area (Å²) < 4.78 is 0. The smallest absolute Gasteiger partial charge is 0.252 e. The third kappa shape index (κ3) is 3.83. The van der Waals surface area contributed by atoms with Crippen molar-refractivity contribution < 1.29 is 9.59 Å². The fourth-order valence-electron chi connectivity index (χ4n) is 2.00. The third-order valence-electron chi connectivity index (χ3n) is 3.03. The first-order valence-electron chi connectivity index (χ1n) is 6.54. The Balaban J connectivity index is 1.85. The highest BCUT2D eigenvalue weighted by Crippen LogP contribution is 2.13. The monoisotopic (exact) mass is 291 g/mol. The second kappa shape index (κ2) is 7.08. The normalized spacial score (nSPS) is 13.8. The van der Waals surface area contributed by atoms with Gasteiger partial charge in [0.15, 0.2) is 0 Å². The van der Waals surface area contributed by atoms with E-state index < -0.39 is 0 Å². The van der Waals surface area contributed by atoms with Crippen molar-refractivity contribution in [1.82, 2.24) is 10.2 Å². The standard InChI is InChI=1S/C14H17N3O2S/c15-5-3-4-12-8-11(10-20-12)14(19)16-9-13(18)17-6-1-2-7-17/h8,10H,1-2,5-7,9,15H2,(H,16,19). The Morgan fingerprint density at radius 1 is 1.40 bits per heavy atom. The van der Waals surface area contributed by atoms with Gasteiger partial charge in [-0.2, -0.15) is 0 Å². The molecule has 5 nitrogen and oxygen atoms in total. The van der Waals surface area contributed by atoms with Crippen LogP contribution in [0.4, 0.5) is 0 Å². The van der Waals surface area contributed by atoms with Crippen molar-refractivity contribution in [3.05, 3.63) is 21.9 Å². The maximum atomic E-state index is 11.9. The number of rotatable bonds is 3. The number of thiophene rings is 1. The Bertz CT molecular complexity index is 550. The van der Waals surface area contributed by atoms with Crippen molar-refractivity contribution in [1.29, 1.82) is 0 Å². The minimum Gasteiger partial charge on any atom is -0.343 e. The van der Waals surface area contributed by atoms with Crippen LogP contribution in [0.3, 0.4) is 0 Å². The van der Waals surface area contributed by atoms with Crippen LogP contribution in [0.25, 0.3) is 0 Å². The highest BCUT2D eigenvalue weighted by atomic mass is 32.1. The van der Waals surface area contributed by atoms with Crippen LogP contribution >= 0.6 is 11.3 Å². The van der Waals surface area contributed by atoms with Gasteiger partial charge in [-0.1, -0.05) is 11.8 Å². The van der Waals surface area contributed by atoms with E-state index >= 15 is 0 Å². The zero-order valence-electron chi connectivity index (χ0n) is 11.1. The van der Waals surface area contributed by atoms with Crippen LogP contribution in [0, 0.1) is 11.8 Å². The number of nitrogens with one attached hydrogen (secondary N) is 1. The molecule has 0 aromatic carbocycles. The molecular formula is C14H17N3O2S. The van der Waals surface area contributed by atoms with E-state index in [2.05, 4.69) is 17.2 Å². The van der Waals surface area contributed by atoms with E-state index in [1.807, 2.05) is 0 Å². The highest BCUT2D eigenvalue weighted by Gasteiger charge is 2.18. The quantitative estimate of drug-likeness (QED) is 0.792. The number of hydrogen-bond donors (Lipinski definition) is 2. The summed E-state index contributed by atoms with van der Waals surface area (Å²) in [6.45, 7) is 1.94. The summed E-state index contributed by atoms with van der Waals surface area (Å²) in [7, 11) is 0. The van der Waals surface area contributed by atoms with Crippen LogP contribution in [0.5, 0.6) is 0 Å². The molecule has 0 aliphatic carbocycles. The predicted octanol–water partition coefficient (Wildman–Crippen LogP) is 0.410. The van der Waals surface area contributed by atoms with Gasteiger partial charge >= 0.3 is 0 Å². The van der Waals surface area contributed by atoms with E-state index in [0.29, 0.717) is 12.1 Å². The second-order valence-corrected chi connectivity index (χ2v) is 5.39. The van der Waals surface area contributed by atoms with Gasteiger partial charge in [-0.05, 0) is 18.9 Å². The summed E-state index contributed by atoms with van der Waals surface area (Å²) in [6, 6.07) is 1.71. The summed E-state index contributed by atoms with van der Waals surface area (Å²) in [5.41, 5.74) is 5.83. The van der Waals surface area contributed by atoms with Crippen LogP contribution < -0.4 is 11.1 Å². The summed E-state index contributed by atoms with van der Waals surface area (Å²) in [5.74, 6) is 5.36. The largest absolute Gasteiger partial charge is 0.343 e. The van der Waals surface area contributed by atoms with Crippen molar-refractivity contribution in [2.45, 2.75) is 12.8 Å². The van der Waals surface area contributed by atoms with Crippen LogP contribution in [-0.4, -0.2) is 42.9 Å². The first kappa shape index (κ1) is 14.6. The summed E-state index contributed by atoms with van der Waals surface area (Å²) >= 11 is 1.39. The Morgan fingerprint density at radius 3 is 2.85 bits per heavy atom. The number of hydrogen-bond acceptors (Lipinski definition) is 4. The zero-order valence-corrected chi connectivity index (χ0v) is 12.0. The molecule has 0 radical (unpaired) electrons. The van der Waals surface area contributed by atoms with Gasteiger partial charge in [-0.15, -0.1) is 11.3 Å². The number of nitrogens with zero attached hydrogens (tertiary/aromatic N) is 1. The minimum absolute atomic E-state index is 0.0192. The summed E-state index contributed by atoms with van der Waals surface area (Å²) in [5, 5.41) is 4.38. The average molecular weight is 291 g/mol. The van der Waals surface area contributed by atoms with E-state index in [1.54, 1.807) is 16.3 Å². The van der Waals surface area contributed by atoms with Crippen LogP contribution in [-0.2, 0) is 4.79 Å². The highest BCUT2D eigenvalue weighted by molar-refractivity contribution is 7.10. The van der Waals surface area contributed by atoms with Crippen LogP contribution in [0.1, 0.15) is 28.1 Å². The topological polar surface area (TPSA) is 75.4 Å². The zero-order chi connectivity index (χ0) is 14.4. The molecule has 6 heteroatoms. The summed E-state index contributed by atoms with van der Waals surface area (Å²) in [4.78, 5) is 26.3. The van der Waals surface area contributed by atoms with Gasteiger partial charge in [0.25, 0.3) is 5.91 Å². The van der Waals surface area contributed by atoms with Gasteiger partial charge < -0.3 is 16.0 Å². The molecule has 1 aromatic rings. The van der Waals surface area contributed by atoms with Gasteiger partial charge in [0.1, 0.15) is 0 Å². The molecule has 0 spiro atoms. The SMILES string of the molecule is NCC#Cc1cc(C(=O)NCC(=O)N2CCCC2)cs1. The van der Waals surface area contributed by atoms with Crippen molar-refractivity contribution in [2.24, 2.45) is 5.73 Å². The maximum absolute atomic E-state index is 11.9. The fourth-order valence-corrected chi connectivity index (χ4v) is 2.75. The lowest BCUT2D eigenvalue weighted by Gasteiger charge is -2.15. The first-order valence-corrected chi connectivity index (χ1v) is 7.42. The third-order valence-corrected chi connectivity index (χ3v) is 3.88. The molecule has 2 amide bonds. The van der Waals surface area contributed by atoms with E-state index in [-0.39, 0.29) is 18.4 Å². The number of carbonyl (C=O) groups excluding carboxylic acids is 2. The van der Waals surface area contributed by atoms with Crippen molar-refractivity contribution >= 4 is 23.2 Å². The number of nitrogens with two attached hydrogens (primary N) is 1. The number of carbonyl (C=O) groups is 2. The second-order valence-electron chi connectivity index (χ2n) is 4.48. The molecule has 0 bridgehead atoms. The number of amides is 2. The number of likely N-dealkylation sites (tertiary alicyclic amines) is 1. The lowest BCUT2D eigenvalue weighted by atomic mass is 10.3. The lowest BCUT2D eigenvalue weighted by molar-refractivity contribution is -0.129. The molecular weight excluding hydrogens is 274 g/mol. The van der Waals surface area contributed by atoms with E-state index in [1.165, 1.54) is 11.3 Å². The van der Waals surface area contributed by atoms with Crippen LogP contribution in [0.2, 0.25) is 0 Å². The van der Waals surface area contributed by atoms with Gasteiger partial charge in [-0.3, -0.25) is 9.59 Å². The molecule has 1 aliphatic heterocycles. The molecule has 1 fully saturated rings. The van der Waals surface area contributed by atoms with E-state index in [4.69, 9.17) is 5.73 Å². The van der Waals surface area contributed by atoms with Crippen molar-refractivity contribution in [2.75, 3.05) is 26.2 Å². The summed E-state index contributed by atoms with van der Waals surface area (Å²) in [6.07, 6.45) is 2.10. The van der Waals surface area contributed by atoms with Gasteiger partial charge in [0, 0.05) is 18.5 Å². The van der Waals surface area contributed by atoms with Gasteiger partial charge in [0.2, 0.25) is 5.91 Å². The van der Waals surface area contributed by atoms with Crippen molar-refractivity contribution in [3.63, 3.8) is 0 Å². The molecule has 1 aliphatic rings. The molecule has 1 saturated heterocycles. The van der Waals surface area contributed by atoms with Crippen molar-refractivity contribution in [3.8, 4) is 11.8 Å². The minimum atomic E-state index is -0.241. The maximum Gasteiger partial charge on any atom is 0.252 e. The molecule has 20 heavy (non-hydrogen) atoms. The Hall–Kier alpha value is -1.84. The van der Waals surface area contributed by atoms with E-state index in [0.717, 1.165) is 30.8 Å². The van der Waals surface area contributed by atoms with Gasteiger partial charge in [0.05, 0.1) is 23.5 Å². The average Bonchev–Trinajstić information content (AvgIpc) is 3.12. The molecule has 3 N–H and O–H groups in total. The molecule has 0 saturated carbocycles. The first-order chi connectivity index (χ1) is 9.70. The molecule has 0 atom stereocenters. The molecule has 106 valence electrons. The fraction of sp³-hybridized carbons (Fsp3) is 0.429. The Morgan fingerprint density at radius 2 is 2.15 bits per heavy atom. The molecule has 2 heterocycles. The Kier molecular flexibility index (Phi) is 5.16. The molecule has 2 rings (SSSR count). The molecule has 1 aromatic heterocycles. The van der Waals surface area contributed by atoms with Crippen LogP contribution in [0.15, 0.2) is 11.4 Å². The van der Waals surface area contributed by atoms with Gasteiger partial charge in [-0.25, -0.2) is 0 Å². The predicted molar refractivity (Wildman–Crippen MR) is 78.4 cm³/mol. The van der Waals surface area contributed by atoms with E-state index in [9.17, 15) is 9.59 Å². The Labute approximate surface area is 122 Å².